The molecule has 0 saturated carbocycles. The van der Waals surface area contributed by atoms with Gasteiger partial charge >= 0.3 is 17.9 Å². The average molecular weight is 1160 g/mol. The topological polar surface area (TPSA) is 78.9 Å². The van der Waals surface area contributed by atoms with Gasteiger partial charge in [0.15, 0.2) is 6.10 Å². The van der Waals surface area contributed by atoms with Crippen molar-refractivity contribution in [1.29, 1.82) is 0 Å². The van der Waals surface area contributed by atoms with Gasteiger partial charge in [-0.25, -0.2) is 0 Å². The summed E-state index contributed by atoms with van der Waals surface area (Å²) in [5.74, 6) is -0.870. The summed E-state index contributed by atoms with van der Waals surface area (Å²) in [6.07, 6.45) is 95.7. The molecule has 0 heterocycles. The van der Waals surface area contributed by atoms with Crippen molar-refractivity contribution in [1.82, 2.24) is 0 Å². The van der Waals surface area contributed by atoms with Gasteiger partial charge in [0.2, 0.25) is 0 Å². The highest BCUT2D eigenvalue weighted by Crippen LogP contribution is 2.18. The van der Waals surface area contributed by atoms with Crippen LogP contribution in [-0.4, -0.2) is 37.2 Å². The summed E-state index contributed by atoms with van der Waals surface area (Å²) >= 11 is 0. The first kappa shape index (κ1) is 79.3. The Bertz CT molecular complexity index is 1610. The molecule has 0 aromatic rings. The third-order valence-electron chi connectivity index (χ3n) is 15.6. The van der Waals surface area contributed by atoms with E-state index >= 15 is 0 Å². The van der Waals surface area contributed by atoms with E-state index in [4.69, 9.17) is 14.2 Å². The molecule has 0 aliphatic rings. The molecule has 0 aliphatic heterocycles. The molecule has 0 N–H and O–H groups in total. The van der Waals surface area contributed by atoms with Crippen LogP contribution in [0.4, 0.5) is 0 Å². The second-order valence-electron chi connectivity index (χ2n) is 23.8. The fraction of sp³-hybridized carbons (Fsp3) is 0.753. The lowest BCUT2D eigenvalue weighted by Crippen LogP contribution is -2.30. The van der Waals surface area contributed by atoms with Crippen molar-refractivity contribution in [3.8, 4) is 0 Å². The van der Waals surface area contributed by atoms with Crippen molar-refractivity contribution < 1.29 is 28.6 Å². The SMILES string of the molecule is CC/C=C\C/C=C\C/C=C\C/C=C\C/C=C\C/C=C\C/C=C\C/C=C\CCCCCCCCC(=O)OCC(COC(=O)CCCCCCCCCCCCCCCCCCC)OC(=O)CCCCCCCCCCCCCCCCCCC. The number of carbonyl (C=O) groups excluding carboxylic acids is 3. The molecule has 1 unspecified atom stereocenters. The molecular weight excluding hydrogens is 1020 g/mol. The Morgan fingerprint density at radius 1 is 0.253 bits per heavy atom. The summed E-state index contributed by atoms with van der Waals surface area (Å²) in [6.45, 7) is 6.57. The molecule has 83 heavy (non-hydrogen) atoms. The third-order valence-corrected chi connectivity index (χ3v) is 15.6. The molecule has 1 atom stereocenters. The molecule has 0 radical (unpaired) electrons. The van der Waals surface area contributed by atoms with Crippen molar-refractivity contribution in [2.75, 3.05) is 13.2 Å². The largest absolute Gasteiger partial charge is 0.462 e. The summed E-state index contributed by atoms with van der Waals surface area (Å²) in [4.78, 5) is 38.5. The van der Waals surface area contributed by atoms with E-state index in [9.17, 15) is 14.4 Å². The molecule has 6 nitrogen and oxygen atoms in total. The number of carbonyl (C=O) groups is 3. The summed E-state index contributed by atoms with van der Waals surface area (Å²) in [5, 5.41) is 0. The number of allylic oxidation sites excluding steroid dienone is 16. The van der Waals surface area contributed by atoms with Crippen LogP contribution < -0.4 is 0 Å². The first-order valence-electron chi connectivity index (χ1n) is 35.7. The molecule has 0 spiro atoms. The highest BCUT2D eigenvalue weighted by atomic mass is 16.6. The van der Waals surface area contributed by atoms with Crippen molar-refractivity contribution in [2.45, 2.75) is 361 Å². The average Bonchev–Trinajstić information content (AvgIpc) is 3.49. The van der Waals surface area contributed by atoms with Crippen LogP contribution in [0, 0.1) is 0 Å². The van der Waals surface area contributed by atoms with Gasteiger partial charge in [-0.15, -0.1) is 0 Å². The molecule has 0 rings (SSSR count). The van der Waals surface area contributed by atoms with Gasteiger partial charge in [0, 0.05) is 19.3 Å². The Morgan fingerprint density at radius 3 is 0.735 bits per heavy atom. The minimum absolute atomic E-state index is 0.0766. The molecule has 0 aromatic carbocycles. The lowest BCUT2D eigenvalue weighted by atomic mass is 10.0. The van der Waals surface area contributed by atoms with Gasteiger partial charge in [-0.3, -0.25) is 14.4 Å². The van der Waals surface area contributed by atoms with E-state index in [0.29, 0.717) is 19.3 Å². The molecule has 0 fully saturated rings. The monoisotopic (exact) mass is 1160 g/mol. The van der Waals surface area contributed by atoms with Gasteiger partial charge in [-0.1, -0.05) is 349 Å². The number of hydrogen-bond acceptors (Lipinski definition) is 6. The van der Waals surface area contributed by atoms with Crippen LogP contribution >= 0.6 is 0 Å². The standard InChI is InChI=1S/C77H134O6/c1-4-7-10-13-16-19-22-25-28-31-32-33-34-35-36-37-38-39-40-41-42-43-44-47-49-52-55-58-61-64-67-70-76(79)82-73-74(83-77(80)71-68-65-62-59-56-53-50-46-30-27-24-21-18-15-12-9-6-3)72-81-75(78)69-66-63-60-57-54-51-48-45-29-26-23-20-17-14-11-8-5-2/h7,10,16,19,25,28,32-33,35-36,38-39,41-42,44,47,74H,4-6,8-9,11-15,17-18,20-24,26-27,29-31,34,37,40,43,45-46,48-73H2,1-3H3/b10-7-,19-16-,28-25-,33-32-,36-35-,39-38-,42-41-,47-44-. The van der Waals surface area contributed by atoms with Gasteiger partial charge in [-0.05, 0) is 83.5 Å². The van der Waals surface area contributed by atoms with Crippen LogP contribution in [0.5, 0.6) is 0 Å². The molecule has 6 heteroatoms. The molecular formula is C77H134O6. The van der Waals surface area contributed by atoms with E-state index in [-0.39, 0.29) is 31.1 Å². The van der Waals surface area contributed by atoms with Crippen LogP contribution in [0.15, 0.2) is 97.2 Å². The lowest BCUT2D eigenvalue weighted by molar-refractivity contribution is -0.167. The maximum Gasteiger partial charge on any atom is 0.306 e. The zero-order chi connectivity index (χ0) is 59.9. The quantitative estimate of drug-likeness (QED) is 0.0261. The van der Waals surface area contributed by atoms with E-state index in [1.807, 2.05) is 0 Å². The summed E-state index contributed by atoms with van der Waals surface area (Å²) in [5.41, 5.74) is 0. The second kappa shape index (κ2) is 70.8. The smallest absolute Gasteiger partial charge is 0.306 e. The first-order chi connectivity index (χ1) is 41.0. The molecule has 0 aliphatic carbocycles. The predicted molar refractivity (Wildman–Crippen MR) is 362 cm³/mol. The summed E-state index contributed by atoms with van der Waals surface area (Å²) < 4.78 is 17.0. The number of esters is 3. The third kappa shape index (κ3) is 69.0. The predicted octanol–water partition coefficient (Wildman–Crippen LogP) is 24.8. The van der Waals surface area contributed by atoms with Crippen molar-refractivity contribution in [3.05, 3.63) is 97.2 Å². The van der Waals surface area contributed by atoms with Crippen LogP contribution in [0.3, 0.4) is 0 Å². The second-order valence-corrected chi connectivity index (χ2v) is 23.8. The Morgan fingerprint density at radius 2 is 0.470 bits per heavy atom. The van der Waals surface area contributed by atoms with Crippen LogP contribution in [0.1, 0.15) is 355 Å². The Labute approximate surface area is 515 Å². The molecule has 0 bridgehead atoms. The summed E-state index contributed by atoms with van der Waals surface area (Å²) in [7, 11) is 0. The fourth-order valence-corrected chi connectivity index (χ4v) is 10.3. The Kier molecular flexibility index (Phi) is 67.7. The fourth-order valence-electron chi connectivity index (χ4n) is 10.3. The minimum Gasteiger partial charge on any atom is -0.462 e. The van der Waals surface area contributed by atoms with Gasteiger partial charge < -0.3 is 14.2 Å². The van der Waals surface area contributed by atoms with Gasteiger partial charge in [0.25, 0.3) is 0 Å². The van der Waals surface area contributed by atoms with E-state index in [1.165, 1.54) is 193 Å². The number of rotatable bonds is 65. The molecule has 0 saturated heterocycles. The Hall–Kier alpha value is -3.67. The Balaban J connectivity index is 4.33. The van der Waals surface area contributed by atoms with Crippen LogP contribution in [0.25, 0.3) is 0 Å². The number of hydrogen-bond donors (Lipinski definition) is 0. The summed E-state index contributed by atoms with van der Waals surface area (Å²) in [6, 6.07) is 0. The van der Waals surface area contributed by atoms with Crippen molar-refractivity contribution in [3.63, 3.8) is 0 Å². The molecule has 478 valence electrons. The van der Waals surface area contributed by atoms with Crippen molar-refractivity contribution >= 4 is 17.9 Å². The maximum absolute atomic E-state index is 13.0. The number of ether oxygens (including phenoxy) is 3. The minimum atomic E-state index is -0.782. The van der Waals surface area contributed by atoms with E-state index < -0.39 is 6.10 Å². The van der Waals surface area contributed by atoms with Gasteiger partial charge in [-0.2, -0.15) is 0 Å². The lowest BCUT2D eigenvalue weighted by Gasteiger charge is -2.18. The highest BCUT2D eigenvalue weighted by Gasteiger charge is 2.19. The zero-order valence-electron chi connectivity index (χ0n) is 54.9. The zero-order valence-corrected chi connectivity index (χ0v) is 54.9. The van der Waals surface area contributed by atoms with Crippen LogP contribution in [0.2, 0.25) is 0 Å². The van der Waals surface area contributed by atoms with Crippen LogP contribution in [-0.2, 0) is 28.6 Å². The first-order valence-corrected chi connectivity index (χ1v) is 35.7. The maximum atomic E-state index is 13.0. The normalized spacial score (nSPS) is 12.7. The van der Waals surface area contributed by atoms with Crippen molar-refractivity contribution in [2.24, 2.45) is 0 Å². The number of unbranched alkanes of at least 4 members (excludes halogenated alkanes) is 38. The van der Waals surface area contributed by atoms with Gasteiger partial charge in [0.1, 0.15) is 13.2 Å². The van der Waals surface area contributed by atoms with E-state index in [0.717, 1.165) is 122 Å². The van der Waals surface area contributed by atoms with Gasteiger partial charge in [0.05, 0.1) is 0 Å². The van der Waals surface area contributed by atoms with E-state index in [2.05, 4.69) is 118 Å². The molecule has 0 amide bonds. The highest BCUT2D eigenvalue weighted by molar-refractivity contribution is 5.71. The molecule has 0 aromatic heterocycles. The van der Waals surface area contributed by atoms with E-state index in [1.54, 1.807) is 0 Å².